The molecule has 2 aromatic heterocycles. The van der Waals surface area contributed by atoms with Crippen molar-refractivity contribution in [1.82, 2.24) is 15.4 Å². The highest BCUT2D eigenvalue weighted by Gasteiger charge is 2.41. The number of nitriles is 1. The Labute approximate surface area is 214 Å². The van der Waals surface area contributed by atoms with Crippen LogP contribution in [-0.2, 0) is 9.59 Å². The number of carbonyl (C=O) groups is 2. The van der Waals surface area contributed by atoms with Gasteiger partial charge in [0.25, 0.3) is 0 Å². The minimum Gasteiger partial charge on any atom is -0.384 e. The lowest BCUT2D eigenvalue weighted by Crippen LogP contribution is -2.38. The van der Waals surface area contributed by atoms with E-state index in [2.05, 4.69) is 26.7 Å². The van der Waals surface area contributed by atoms with Crippen LogP contribution in [0, 0.1) is 18.3 Å². The van der Waals surface area contributed by atoms with Crippen LogP contribution < -0.4 is 16.0 Å². The number of hydrogen-bond acceptors (Lipinski definition) is 11. The van der Waals surface area contributed by atoms with Crippen LogP contribution in [0.4, 0.5) is 10.9 Å². The zero-order chi connectivity index (χ0) is 25.2. The zero-order valence-electron chi connectivity index (χ0n) is 19.2. The normalized spacial score (nSPS) is 17.7. The van der Waals surface area contributed by atoms with E-state index in [1.54, 1.807) is 17.9 Å². The van der Waals surface area contributed by atoms with Crippen LogP contribution >= 0.6 is 23.1 Å². The van der Waals surface area contributed by atoms with Gasteiger partial charge in [-0.1, -0.05) is 58.6 Å². The number of ketones is 1. The topological polar surface area (TPSA) is 151 Å². The van der Waals surface area contributed by atoms with E-state index in [1.165, 1.54) is 23.1 Å². The maximum atomic E-state index is 13.1. The number of anilines is 2. The van der Waals surface area contributed by atoms with E-state index in [-0.39, 0.29) is 23.3 Å². The molecular formula is C24H21N7O3S2. The minimum absolute atomic E-state index is 0.00855. The van der Waals surface area contributed by atoms with E-state index in [0.717, 1.165) is 11.3 Å². The van der Waals surface area contributed by atoms with Crippen molar-refractivity contribution in [2.24, 2.45) is 5.73 Å². The molecule has 1 aliphatic carbocycles. The number of carbonyl (C=O) groups excluding carboxylic acids is 2. The number of thioether (sulfide) groups is 1. The first-order valence-corrected chi connectivity index (χ1v) is 13.0. The summed E-state index contributed by atoms with van der Waals surface area (Å²) in [5.74, 6) is 0.517. The van der Waals surface area contributed by atoms with Crippen molar-refractivity contribution in [2.45, 2.75) is 36.4 Å². The number of aromatic nitrogens is 3. The summed E-state index contributed by atoms with van der Waals surface area (Å²) in [6.45, 7) is 1.74. The third kappa shape index (κ3) is 4.50. The molecule has 3 heterocycles. The number of rotatable bonds is 6. The van der Waals surface area contributed by atoms with E-state index in [4.69, 9.17) is 10.3 Å². The molecule has 10 nitrogen and oxygen atoms in total. The first kappa shape index (κ1) is 23.8. The zero-order valence-corrected chi connectivity index (χ0v) is 20.9. The monoisotopic (exact) mass is 519 g/mol. The lowest BCUT2D eigenvalue weighted by atomic mass is 9.76. The summed E-state index contributed by atoms with van der Waals surface area (Å²) in [5.41, 5.74) is 9.05. The quantitative estimate of drug-likeness (QED) is 0.459. The smallest absolute Gasteiger partial charge is 0.236 e. The number of Topliss-reactive ketones (excluding diaryl/α,β-unsaturated/α-hetero) is 1. The fraction of sp³-hybridized carbons (Fsp3) is 0.250. The predicted octanol–water partition coefficient (Wildman–Crippen LogP) is 3.87. The standard InChI is InChI=1S/C24H21N7O3S2/c1-13-10-18(30-34-13)27-19(33)12-35-24-29-28-23(36-24)31-16-8-5-9-17(32)21(16)20(15(11-25)22(31)26)14-6-3-2-4-7-14/h2-4,6-7,10,20H,5,8-9,12,26H2,1H3,(H,27,30,33). The Morgan fingerprint density at radius 3 is 2.86 bits per heavy atom. The maximum Gasteiger partial charge on any atom is 0.236 e. The molecule has 5 rings (SSSR count). The molecule has 0 fully saturated rings. The number of amides is 1. The molecule has 0 spiro atoms. The summed E-state index contributed by atoms with van der Waals surface area (Å²) in [7, 11) is 0. The molecule has 12 heteroatoms. The number of benzene rings is 1. The summed E-state index contributed by atoms with van der Waals surface area (Å²) in [4.78, 5) is 27.1. The molecule has 36 heavy (non-hydrogen) atoms. The van der Waals surface area contributed by atoms with Gasteiger partial charge in [-0.3, -0.25) is 14.5 Å². The Morgan fingerprint density at radius 1 is 1.33 bits per heavy atom. The number of hydrogen-bond donors (Lipinski definition) is 2. The number of nitrogens with one attached hydrogen (secondary N) is 1. The van der Waals surface area contributed by atoms with Crippen molar-refractivity contribution in [3.05, 3.63) is 70.4 Å². The average molecular weight is 520 g/mol. The summed E-state index contributed by atoms with van der Waals surface area (Å²) in [5, 5.41) is 25.4. The van der Waals surface area contributed by atoms with Crippen LogP contribution in [0.1, 0.15) is 36.5 Å². The Bertz CT molecular complexity index is 1430. The maximum absolute atomic E-state index is 13.1. The predicted molar refractivity (Wildman–Crippen MR) is 135 cm³/mol. The Morgan fingerprint density at radius 2 is 2.14 bits per heavy atom. The van der Waals surface area contributed by atoms with Crippen molar-refractivity contribution >= 4 is 45.7 Å². The molecule has 0 saturated heterocycles. The molecule has 1 aromatic carbocycles. The molecule has 3 N–H and O–H groups in total. The van der Waals surface area contributed by atoms with E-state index in [1.807, 2.05) is 30.3 Å². The van der Waals surface area contributed by atoms with Crippen LogP contribution in [0.15, 0.2) is 67.9 Å². The van der Waals surface area contributed by atoms with E-state index in [9.17, 15) is 14.9 Å². The summed E-state index contributed by atoms with van der Waals surface area (Å²) >= 11 is 2.46. The van der Waals surface area contributed by atoms with Gasteiger partial charge in [-0.25, -0.2) is 0 Å². The van der Waals surface area contributed by atoms with Gasteiger partial charge in [0, 0.05) is 23.8 Å². The van der Waals surface area contributed by atoms with E-state index >= 15 is 0 Å². The fourth-order valence-electron chi connectivity index (χ4n) is 4.37. The summed E-state index contributed by atoms with van der Waals surface area (Å²) < 4.78 is 5.50. The van der Waals surface area contributed by atoms with Crippen LogP contribution in [0.3, 0.4) is 0 Å². The molecule has 3 aromatic rings. The highest BCUT2D eigenvalue weighted by Crippen LogP contribution is 2.47. The number of nitrogens with zero attached hydrogens (tertiary/aromatic N) is 5. The van der Waals surface area contributed by atoms with Gasteiger partial charge in [0.15, 0.2) is 15.9 Å². The average Bonchev–Trinajstić information content (AvgIpc) is 3.51. The Balaban J connectivity index is 1.42. The highest BCUT2D eigenvalue weighted by atomic mass is 32.2. The van der Waals surface area contributed by atoms with Crippen molar-refractivity contribution in [3.63, 3.8) is 0 Å². The Hall–Kier alpha value is -3.95. The van der Waals surface area contributed by atoms with Crippen molar-refractivity contribution in [3.8, 4) is 6.07 Å². The number of allylic oxidation sites excluding steroid dienone is 3. The van der Waals surface area contributed by atoms with Gasteiger partial charge >= 0.3 is 0 Å². The van der Waals surface area contributed by atoms with Crippen molar-refractivity contribution in [1.29, 1.82) is 5.26 Å². The van der Waals surface area contributed by atoms with Gasteiger partial charge in [-0.05, 0) is 25.3 Å². The second-order valence-electron chi connectivity index (χ2n) is 8.24. The molecule has 1 atom stereocenters. The van der Waals surface area contributed by atoms with Gasteiger partial charge in [0.2, 0.25) is 11.0 Å². The fourth-order valence-corrected chi connectivity index (χ4v) is 6.05. The first-order valence-electron chi connectivity index (χ1n) is 11.2. The van der Waals surface area contributed by atoms with Gasteiger partial charge < -0.3 is 15.6 Å². The third-order valence-corrected chi connectivity index (χ3v) is 7.90. The number of nitrogens with two attached hydrogens (primary N) is 1. The second-order valence-corrected chi connectivity index (χ2v) is 10.4. The van der Waals surface area contributed by atoms with Gasteiger partial charge in [-0.2, -0.15) is 5.26 Å². The van der Waals surface area contributed by atoms with Crippen molar-refractivity contribution in [2.75, 3.05) is 16.0 Å². The molecule has 0 radical (unpaired) electrons. The van der Waals surface area contributed by atoms with Crippen LogP contribution in [-0.4, -0.2) is 32.8 Å². The van der Waals surface area contributed by atoms with Gasteiger partial charge in [-0.15, -0.1) is 10.2 Å². The molecule has 0 saturated carbocycles. The van der Waals surface area contributed by atoms with Gasteiger partial charge in [0.1, 0.15) is 11.6 Å². The summed E-state index contributed by atoms with van der Waals surface area (Å²) in [6.07, 6.45) is 1.74. The number of aryl methyl sites for hydroxylation is 1. The molecule has 1 amide bonds. The largest absolute Gasteiger partial charge is 0.384 e. The van der Waals surface area contributed by atoms with Gasteiger partial charge in [0.05, 0.1) is 23.3 Å². The van der Waals surface area contributed by atoms with E-state index < -0.39 is 5.92 Å². The molecule has 2 aliphatic rings. The SMILES string of the molecule is Cc1cc(NC(=O)CSc2nnc(N3C(N)=C(C#N)C(c4ccccc4)C4=C3CCCC4=O)s2)no1. The van der Waals surface area contributed by atoms with Crippen LogP contribution in [0.2, 0.25) is 0 Å². The molecule has 0 bridgehead atoms. The van der Waals surface area contributed by atoms with Crippen LogP contribution in [0.5, 0.6) is 0 Å². The molecule has 1 unspecified atom stereocenters. The van der Waals surface area contributed by atoms with Crippen LogP contribution in [0.25, 0.3) is 0 Å². The lowest BCUT2D eigenvalue weighted by molar-refractivity contribution is -0.116. The van der Waals surface area contributed by atoms with E-state index in [0.29, 0.717) is 51.5 Å². The first-order chi connectivity index (χ1) is 17.5. The second kappa shape index (κ2) is 9.96. The van der Waals surface area contributed by atoms with Crippen molar-refractivity contribution < 1.29 is 14.1 Å². The lowest BCUT2D eigenvalue weighted by Gasteiger charge is -2.38. The molecule has 182 valence electrons. The molecular weight excluding hydrogens is 498 g/mol. The third-order valence-electron chi connectivity index (χ3n) is 5.86. The highest BCUT2D eigenvalue weighted by molar-refractivity contribution is 8.01. The summed E-state index contributed by atoms with van der Waals surface area (Å²) in [6, 6.07) is 13.3. The molecule has 1 aliphatic heterocycles. The minimum atomic E-state index is -0.513. The Kier molecular flexibility index (Phi) is 6.58.